The van der Waals surface area contributed by atoms with Crippen LogP contribution in [-0.2, 0) is 12.8 Å². The van der Waals surface area contributed by atoms with Gasteiger partial charge in [-0.2, -0.15) is 0 Å². The van der Waals surface area contributed by atoms with Gasteiger partial charge in [0.2, 0.25) is 0 Å². The third-order valence-electron chi connectivity index (χ3n) is 3.53. The van der Waals surface area contributed by atoms with Crippen molar-refractivity contribution in [2.75, 3.05) is 6.61 Å². The van der Waals surface area contributed by atoms with Crippen LogP contribution in [0.4, 0.5) is 8.78 Å². The van der Waals surface area contributed by atoms with E-state index in [1.807, 2.05) is 31.2 Å². The Balaban J connectivity index is 2.16. The summed E-state index contributed by atoms with van der Waals surface area (Å²) in [6.07, 6.45) is 0.754. The molecule has 0 bridgehead atoms. The van der Waals surface area contributed by atoms with E-state index in [9.17, 15) is 13.9 Å². The Morgan fingerprint density at radius 3 is 2.33 bits per heavy atom. The van der Waals surface area contributed by atoms with Gasteiger partial charge in [0.25, 0.3) is 0 Å². The molecule has 0 saturated carbocycles. The zero-order valence-electron chi connectivity index (χ0n) is 11.7. The molecule has 0 aromatic heterocycles. The summed E-state index contributed by atoms with van der Waals surface area (Å²) in [5.41, 5.74) is 2.23. The maximum Gasteiger partial charge on any atom is 0.143 e. The van der Waals surface area contributed by atoms with Gasteiger partial charge in [-0.15, -0.1) is 0 Å². The van der Waals surface area contributed by atoms with Gasteiger partial charge in [-0.05, 0) is 59.3 Å². The number of halogens is 3. The van der Waals surface area contributed by atoms with E-state index in [4.69, 9.17) is 0 Å². The number of hydrogen-bond acceptors (Lipinski definition) is 1. The number of aliphatic hydroxyl groups is 1. The molecule has 0 radical (unpaired) electrons. The molecule has 0 heterocycles. The minimum absolute atomic E-state index is 0.0236. The van der Waals surface area contributed by atoms with Crippen molar-refractivity contribution in [1.29, 1.82) is 0 Å². The van der Waals surface area contributed by atoms with Crippen LogP contribution in [0, 0.1) is 24.5 Å². The monoisotopic (exact) mass is 354 g/mol. The Bertz CT molecular complexity index is 611. The van der Waals surface area contributed by atoms with Gasteiger partial charge in [-0.3, -0.25) is 0 Å². The first-order valence-corrected chi connectivity index (χ1v) is 7.59. The molecule has 1 unspecified atom stereocenters. The molecule has 4 heteroatoms. The van der Waals surface area contributed by atoms with E-state index < -0.39 is 11.6 Å². The molecule has 2 aromatic carbocycles. The predicted molar refractivity (Wildman–Crippen MR) is 83.2 cm³/mol. The molecule has 2 rings (SSSR count). The molecule has 1 atom stereocenters. The molecular weight excluding hydrogens is 338 g/mol. The first-order chi connectivity index (χ1) is 10.0. The Kier molecular flexibility index (Phi) is 5.48. The molecular formula is C17H17BrF2O. The second-order valence-electron chi connectivity index (χ2n) is 5.26. The number of benzene rings is 2. The zero-order valence-corrected chi connectivity index (χ0v) is 13.3. The lowest BCUT2D eigenvalue weighted by atomic mass is 9.92. The highest BCUT2D eigenvalue weighted by atomic mass is 79.9. The van der Waals surface area contributed by atoms with Crippen LogP contribution in [0.2, 0.25) is 0 Å². The fourth-order valence-electron chi connectivity index (χ4n) is 2.30. The van der Waals surface area contributed by atoms with Crippen molar-refractivity contribution < 1.29 is 13.9 Å². The van der Waals surface area contributed by atoms with Crippen molar-refractivity contribution in [3.63, 3.8) is 0 Å². The van der Waals surface area contributed by atoms with Crippen molar-refractivity contribution in [2.24, 2.45) is 5.92 Å². The first kappa shape index (κ1) is 16.1. The summed E-state index contributed by atoms with van der Waals surface area (Å²) in [6.45, 7) is 1.89. The van der Waals surface area contributed by atoms with Gasteiger partial charge < -0.3 is 5.11 Å². The highest BCUT2D eigenvalue weighted by Gasteiger charge is 2.18. The van der Waals surface area contributed by atoms with Gasteiger partial charge >= 0.3 is 0 Å². The topological polar surface area (TPSA) is 20.2 Å². The summed E-state index contributed by atoms with van der Waals surface area (Å²) >= 11 is 3.06. The maximum absolute atomic E-state index is 14.0. The lowest BCUT2D eigenvalue weighted by Crippen LogP contribution is -2.15. The highest BCUT2D eigenvalue weighted by molar-refractivity contribution is 9.10. The molecule has 0 aliphatic heterocycles. The van der Waals surface area contributed by atoms with E-state index in [-0.39, 0.29) is 29.0 Å². The SMILES string of the molecule is Cc1ccc(CC(CO)Cc2c(F)ccc(Br)c2F)cc1. The van der Waals surface area contributed by atoms with E-state index in [1.165, 1.54) is 12.1 Å². The molecule has 0 fully saturated rings. The Morgan fingerprint density at radius 1 is 1.05 bits per heavy atom. The van der Waals surface area contributed by atoms with Crippen LogP contribution >= 0.6 is 15.9 Å². The van der Waals surface area contributed by atoms with Gasteiger partial charge in [0, 0.05) is 12.2 Å². The molecule has 21 heavy (non-hydrogen) atoms. The summed E-state index contributed by atoms with van der Waals surface area (Å²) in [6, 6.07) is 10.5. The number of hydrogen-bond donors (Lipinski definition) is 1. The largest absolute Gasteiger partial charge is 0.396 e. The Morgan fingerprint density at radius 2 is 1.71 bits per heavy atom. The molecule has 0 saturated heterocycles. The normalized spacial score (nSPS) is 12.4. The first-order valence-electron chi connectivity index (χ1n) is 6.80. The summed E-state index contributed by atoms with van der Waals surface area (Å²) < 4.78 is 28.0. The van der Waals surface area contributed by atoms with Gasteiger partial charge in [0.05, 0.1) is 4.47 Å². The molecule has 0 spiro atoms. The van der Waals surface area contributed by atoms with Crippen molar-refractivity contribution in [1.82, 2.24) is 0 Å². The molecule has 1 N–H and O–H groups in total. The average molecular weight is 355 g/mol. The molecule has 2 aromatic rings. The minimum Gasteiger partial charge on any atom is -0.396 e. The zero-order chi connectivity index (χ0) is 15.4. The van der Waals surface area contributed by atoms with Crippen LogP contribution in [0.3, 0.4) is 0 Å². The van der Waals surface area contributed by atoms with Crippen molar-refractivity contribution in [3.8, 4) is 0 Å². The third-order valence-corrected chi connectivity index (χ3v) is 4.15. The highest BCUT2D eigenvalue weighted by Crippen LogP contribution is 2.25. The van der Waals surface area contributed by atoms with Crippen LogP contribution < -0.4 is 0 Å². The van der Waals surface area contributed by atoms with E-state index in [2.05, 4.69) is 15.9 Å². The lowest BCUT2D eigenvalue weighted by molar-refractivity contribution is 0.223. The molecule has 0 aliphatic rings. The summed E-state index contributed by atoms with van der Waals surface area (Å²) in [5, 5.41) is 9.50. The Labute approximate surface area is 131 Å². The smallest absolute Gasteiger partial charge is 0.143 e. The second kappa shape index (κ2) is 7.14. The van der Waals surface area contributed by atoms with Gasteiger partial charge in [0.15, 0.2) is 0 Å². The van der Waals surface area contributed by atoms with Crippen LogP contribution in [-0.4, -0.2) is 11.7 Å². The van der Waals surface area contributed by atoms with Gasteiger partial charge in [-0.1, -0.05) is 29.8 Å². The van der Waals surface area contributed by atoms with E-state index in [0.717, 1.165) is 11.1 Å². The number of aliphatic hydroxyl groups excluding tert-OH is 1. The number of rotatable bonds is 5. The fourth-order valence-corrected chi connectivity index (χ4v) is 2.68. The van der Waals surface area contributed by atoms with Gasteiger partial charge in [-0.25, -0.2) is 8.78 Å². The summed E-state index contributed by atoms with van der Waals surface area (Å²) in [5.74, 6) is -1.37. The summed E-state index contributed by atoms with van der Waals surface area (Å²) in [4.78, 5) is 0. The standard InChI is InChI=1S/C17H17BrF2O/c1-11-2-4-12(5-3-11)8-13(10-21)9-14-16(19)7-6-15(18)17(14)20/h2-7,13,21H,8-10H2,1H3. The Hall–Kier alpha value is -1.26. The van der Waals surface area contributed by atoms with Gasteiger partial charge in [0.1, 0.15) is 11.6 Å². The fraction of sp³-hybridized carbons (Fsp3) is 0.294. The summed E-state index contributed by atoms with van der Waals surface area (Å²) in [7, 11) is 0. The van der Waals surface area contributed by atoms with Crippen LogP contribution in [0.25, 0.3) is 0 Å². The lowest BCUT2D eigenvalue weighted by Gasteiger charge is -2.16. The average Bonchev–Trinajstić information content (AvgIpc) is 2.48. The third kappa shape index (κ3) is 4.11. The molecule has 0 amide bonds. The minimum atomic E-state index is -0.586. The van der Waals surface area contributed by atoms with E-state index >= 15 is 0 Å². The quantitative estimate of drug-likeness (QED) is 0.787. The predicted octanol–water partition coefficient (Wildman–Crippen LogP) is 4.43. The van der Waals surface area contributed by atoms with Crippen LogP contribution in [0.5, 0.6) is 0 Å². The van der Waals surface area contributed by atoms with Crippen molar-refractivity contribution in [3.05, 3.63) is 69.2 Å². The van der Waals surface area contributed by atoms with Crippen molar-refractivity contribution >= 4 is 15.9 Å². The number of aryl methyl sites for hydroxylation is 1. The second-order valence-corrected chi connectivity index (χ2v) is 6.12. The maximum atomic E-state index is 14.0. The molecule has 1 nitrogen and oxygen atoms in total. The van der Waals surface area contributed by atoms with Crippen LogP contribution in [0.15, 0.2) is 40.9 Å². The van der Waals surface area contributed by atoms with E-state index in [1.54, 1.807) is 0 Å². The molecule has 112 valence electrons. The van der Waals surface area contributed by atoms with Crippen molar-refractivity contribution in [2.45, 2.75) is 19.8 Å². The molecule has 0 aliphatic carbocycles. The van der Waals surface area contributed by atoms with Crippen LogP contribution in [0.1, 0.15) is 16.7 Å². The van der Waals surface area contributed by atoms with E-state index in [0.29, 0.717) is 6.42 Å².